The van der Waals surface area contributed by atoms with Gasteiger partial charge in [0.25, 0.3) is 5.91 Å². The first kappa shape index (κ1) is 14.2. The Kier molecular flexibility index (Phi) is 5.31. The molecular formula is C15H20N2O. The zero-order valence-electron chi connectivity index (χ0n) is 11.2. The summed E-state index contributed by atoms with van der Waals surface area (Å²) < 4.78 is 0. The number of carbonyl (C=O) groups is 1. The second-order valence-corrected chi connectivity index (χ2v) is 4.10. The Balaban J connectivity index is 3.13. The monoisotopic (exact) mass is 244 g/mol. The van der Waals surface area contributed by atoms with Gasteiger partial charge in [0.2, 0.25) is 0 Å². The third-order valence-electron chi connectivity index (χ3n) is 2.84. The van der Waals surface area contributed by atoms with E-state index in [4.69, 9.17) is 5.73 Å². The van der Waals surface area contributed by atoms with Crippen molar-refractivity contribution < 1.29 is 4.79 Å². The molecule has 0 unspecified atom stereocenters. The molecule has 1 rings (SSSR count). The molecule has 1 aromatic rings. The molecule has 0 aliphatic heterocycles. The molecule has 0 bridgehead atoms. The molecule has 0 spiro atoms. The number of primary amides is 1. The molecule has 1 heterocycles. The smallest absolute Gasteiger partial charge is 0.250 e. The lowest BCUT2D eigenvalue weighted by Gasteiger charge is -2.12. The number of aromatic nitrogens is 1. The molecule has 18 heavy (non-hydrogen) atoms. The Morgan fingerprint density at radius 3 is 2.72 bits per heavy atom. The highest BCUT2D eigenvalue weighted by molar-refractivity contribution is 5.95. The fourth-order valence-corrected chi connectivity index (χ4v) is 1.99. The van der Waals surface area contributed by atoms with E-state index in [0.29, 0.717) is 11.3 Å². The van der Waals surface area contributed by atoms with Crippen LogP contribution in [0.1, 0.15) is 41.0 Å². The van der Waals surface area contributed by atoms with E-state index >= 15 is 0 Å². The summed E-state index contributed by atoms with van der Waals surface area (Å²) >= 11 is 0. The molecule has 0 aromatic carbocycles. The van der Waals surface area contributed by atoms with Crippen molar-refractivity contribution in [3.05, 3.63) is 52.9 Å². The van der Waals surface area contributed by atoms with Gasteiger partial charge >= 0.3 is 0 Å². The number of rotatable bonds is 5. The first-order valence-electron chi connectivity index (χ1n) is 6.16. The molecule has 0 aliphatic rings. The maximum atomic E-state index is 11.5. The molecular weight excluding hydrogens is 224 g/mol. The van der Waals surface area contributed by atoms with Crippen LogP contribution >= 0.6 is 0 Å². The highest BCUT2D eigenvalue weighted by Crippen LogP contribution is 2.18. The SMILES string of the molecule is CC=CC=CCc1cnc(C)c(C(N)=O)c1CC. The van der Waals surface area contributed by atoms with E-state index in [1.165, 1.54) is 0 Å². The van der Waals surface area contributed by atoms with E-state index in [1.807, 2.05) is 45.2 Å². The normalized spacial score (nSPS) is 11.5. The Morgan fingerprint density at radius 2 is 2.17 bits per heavy atom. The standard InChI is InChI=1S/C15H20N2O/c1-4-6-7-8-9-12-10-17-11(3)14(15(16)18)13(12)5-2/h4,6-8,10H,5,9H2,1-3H3,(H2,16,18). The molecule has 96 valence electrons. The van der Waals surface area contributed by atoms with E-state index in [1.54, 1.807) is 0 Å². The molecule has 1 aromatic heterocycles. The van der Waals surface area contributed by atoms with Gasteiger partial charge in [-0.1, -0.05) is 31.2 Å². The van der Waals surface area contributed by atoms with Gasteiger partial charge in [0.1, 0.15) is 0 Å². The van der Waals surface area contributed by atoms with Crippen LogP contribution in [0, 0.1) is 6.92 Å². The van der Waals surface area contributed by atoms with Crippen LogP contribution < -0.4 is 5.73 Å². The molecule has 0 saturated heterocycles. The molecule has 2 N–H and O–H groups in total. The summed E-state index contributed by atoms with van der Waals surface area (Å²) in [6, 6.07) is 0. The van der Waals surface area contributed by atoms with Crippen molar-refractivity contribution in [2.75, 3.05) is 0 Å². The van der Waals surface area contributed by atoms with Crippen molar-refractivity contribution in [1.29, 1.82) is 0 Å². The zero-order chi connectivity index (χ0) is 13.5. The molecule has 0 saturated carbocycles. The first-order chi connectivity index (χ1) is 8.61. The predicted octanol–water partition coefficient (Wildman–Crippen LogP) is 2.73. The van der Waals surface area contributed by atoms with Crippen molar-refractivity contribution in [3.8, 4) is 0 Å². The Bertz CT molecular complexity index is 488. The minimum atomic E-state index is -0.392. The Hall–Kier alpha value is -1.90. The number of allylic oxidation sites excluding steroid dienone is 4. The fraction of sp³-hybridized carbons (Fsp3) is 0.333. The topological polar surface area (TPSA) is 56.0 Å². The number of amides is 1. The number of nitrogens with two attached hydrogens (primary N) is 1. The van der Waals surface area contributed by atoms with E-state index in [0.717, 1.165) is 24.0 Å². The number of carbonyl (C=O) groups excluding carboxylic acids is 1. The van der Waals surface area contributed by atoms with Crippen LogP contribution in [0.15, 0.2) is 30.5 Å². The molecule has 0 atom stereocenters. The van der Waals surface area contributed by atoms with Gasteiger partial charge < -0.3 is 5.73 Å². The highest BCUT2D eigenvalue weighted by atomic mass is 16.1. The summed E-state index contributed by atoms with van der Waals surface area (Å²) in [6.45, 7) is 5.82. The fourth-order valence-electron chi connectivity index (χ4n) is 1.99. The van der Waals surface area contributed by atoms with E-state index < -0.39 is 5.91 Å². The number of aryl methyl sites for hydroxylation is 1. The average Bonchev–Trinajstić information content (AvgIpc) is 2.35. The van der Waals surface area contributed by atoms with E-state index in [2.05, 4.69) is 11.1 Å². The van der Waals surface area contributed by atoms with Gasteiger partial charge in [-0.15, -0.1) is 0 Å². The van der Waals surface area contributed by atoms with Crippen LogP contribution in [0.5, 0.6) is 0 Å². The summed E-state index contributed by atoms with van der Waals surface area (Å²) in [5, 5.41) is 0. The van der Waals surface area contributed by atoms with Gasteiger partial charge in [-0.25, -0.2) is 0 Å². The lowest BCUT2D eigenvalue weighted by molar-refractivity contribution is 0.0998. The van der Waals surface area contributed by atoms with Gasteiger partial charge in [-0.3, -0.25) is 9.78 Å². The van der Waals surface area contributed by atoms with Crippen LogP contribution in [0.4, 0.5) is 0 Å². The Labute approximate surface area is 108 Å². The molecule has 0 fully saturated rings. The van der Waals surface area contributed by atoms with Gasteiger partial charge in [-0.05, 0) is 37.8 Å². The quantitative estimate of drug-likeness (QED) is 0.810. The molecule has 1 amide bonds. The molecule has 3 heteroatoms. The third-order valence-corrected chi connectivity index (χ3v) is 2.84. The molecule has 0 radical (unpaired) electrons. The maximum Gasteiger partial charge on any atom is 0.250 e. The Morgan fingerprint density at radius 1 is 1.44 bits per heavy atom. The summed E-state index contributed by atoms with van der Waals surface area (Å²) in [6.07, 6.45) is 11.4. The predicted molar refractivity (Wildman–Crippen MR) is 74.5 cm³/mol. The van der Waals surface area contributed by atoms with Crippen molar-refractivity contribution >= 4 is 5.91 Å². The number of hydrogen-bond donors (Lipinski definition) is 1. The van der Waals surface area contributed by atoms with Crippen LogP contribution in [0.2, 0.25) is 0 Å². The second-order valence-electron chi connectivity index (χ2n) is 4.10. The minimum Gasteiger partial charge on any atom is -0.366 e. The first-order valence-corrected chi connectivity index (χ1v) is 6.16. The van der Waals surface area contributed by atoms with Crippen LogP contribution in [0.3, 0.4) is 0 Å². The van der Waals surface area contributed by atoms with Gasteiger partial charge in [-0.2, -0.15) is 0 Å². The van der Waals surface area contributed by atoms with Crippen LogP contribution in [-0.2, 0) is 12.8 Å². The minimum absolute atomic E-state index is 0.392. The summed E-state index contributed by atoms with van der Waals surface area (Å²) in [5.41, 5.74) is 8.80. The lowest BCUT2D eigenvalue weighted by Crippen LogP contribution is -2.17. The van der Waals surface area contributed by atoms with E-state index in [9.17, 15) is 4.79 Å². The van der Waals surface area contributed by atoms with E-state index in [-0.39, 0.29) is 0 Å². The van der Waals surface area contributed by atoms with Crippen LogP contribution in [0.25, 0.3) is 0 Å². The second kappa shape index (κ2) is 6.74. The largest absolute Gasteiger partial charge is 0.366 e. The van der Waals surface area contributed by atoms with Gasteiger partial charge in [0.15, 0.2) is 0 Å². The highest BCUT2D eigenvalue weighted by Gasteiger charge is 2.14. The molecule has 3 nitrogen and oxygen atoms in total. The summed E-state index contributed by atoms with van der Waals surface area (Å²) in [4.78, 5) is 15.7. The van der Waals surface area contributed by atoms with Gasteiger partial charge in [0, 0.05) is 6.20 Å². The number of nitrogens with zero attached hydrogens (tertiary/aromatic N) is 1. The maximum absolute atomic E-state index is 11.5. The third kappa shape index (κ3) is 3.29. The lowest BCUT2D eigenvalue weighted by atomic mass is 9.97. The molecule has 0 aliphatic carbocycles. The summed E-state index contributed by atoms with van der Waals surface area (Å²) in [7, 11) is 0. The van der Waals surface area contributed by atoms with Crippen molar-refractivity contribution in [1.82, 2.24) is 4.98 Å². The summed E-state index contributed by atoms with van der Waals surface area (Å²) in [5.74, 6) is -0.392. The van der Waals surface area contributed by atoms with Crippen molar-refractivity contribution in [2.24, 2.45) is 5.73 Å². The average molecular weight is 244 g/mol. The zero-order valence-corrected chi connectivity index (χ0v) is 11.2. The van der Waals surface area contributed by atoms with Crippen molar-refractivity contribution in [2.45, 2.75) is 33.6 Å². The number of pyridine rings is 1. The van der Waals surface area contributed by atoms with Crippen molar-refractivity contribution in [3.63, 3.8) is 0 Å². The van der Waals surface area contributed by atoms with Crippen LogP contribution in [-0.4, -0.2) is 10.9 Å². The van der Waals surface area contributed by atoms with Gasteiger partial charge in [0.05, 0.1) is 11.3 Å². The number of hydrogen-bond acceptors (Lipinski definition) is 2.